The van der Waals surface area contributed by atoms with Crippen molar-refractivity contribution in [1.82, 2.24) is 10.6 Å². The van der Waals surface area contributed by atoms with E-state index in [1.54, 1.807) is 18.2 Å². The summed E-state index contributed by atoms with van der Waals surface area (Å²) in [6, 6.07) is 19.2. The number of amides is 1. The van der Waals surface area contributed by atoms with Crippen LogP contribution in [0.15, 0.2) is 60.7 Å². The van der Waals surface area contributed by atoms with Gasteiger partial charge in [-0.25, -0.2) is 0 Å². The summed E-state index contributed by atoms with van der Waals surface area (Å²) in [4.78, 5) is 13.1. The highest BCUT2D eigenvalue weighted by molar-refractivity contribution is 6.31. The van der Waals surface area contributed by atoms with Crippen molar-refractivity contribution < 1.29 is 14.6 Å². The van der Waals surface area contributed by atoms with Gasteiger partial charge in [0.15, 0.2) is 0 Å². The molecule has 38 heavy (non-hydrogen) atoms. The number of benzene rings is 3. The van der Waals surface area contributed by atoms with Gasteiger partial charge in [0.05, 0.1) is 5.56 Å². The van der Waals surface area contributed by atoms with Gasteiger partial charge in [-0.05, 0) is 96.2 Å². The van der Waals surface area contributed by atoms with Gasteiger partial charge in [-0.2, -0.15) is 0 Å². The molecule has 0 aromatic heterocycles. The number of hydrogen-bond donors (Lipinski definition) is 3. The van der Waals surface area contributed by atoms with Crippen molar-refractivity contribution in [2.24, 2.45) is 23.2 Å². The molecule has 1 atom stereocenters. The maximum Gasteiger partial charge on any atom is 0.255 e. The molecule has 3 N–H and O–H groups in total. The van der Waals surface area contributed by atoms with Crippen molar-refractivity contribution >= 4 is 28.3 Å². The zero-order valence-electron chi connectivity index (χ0n) is 21.8. The van der Waals surface area contributed by atoms with Crippen molar-refractivity contribution in [2.45, 2.75) is 51.2 Å². The topological polar surface area (TPSA) is 70.6 Å². The van der Waals surface area contributed by atoms with Crippen molar-refractivity contribution in [3.63, 3.8) is 0 Å². The molecule has 5 nitrogen and oxygen atoms in total. The van der Waals surface area contributed by atoms with E-state index in [0.29, 0.717) is 34.8 Å². The van der Waals surface area contributed by atoms with Crippen LogP contribution in [-0.4, -0.2) is 36.8 Å². The van der Waals surface area contributed by atoms with E-state index in [1.807, 2.05) is 24.3 Å². The molecule has 4 aliphatic rings. The molecule has 4 aliphatic carbocycles. The number of fused-ring (bicyclic) bond motifs is 1. The SMILES string of the molecule is O=C(NCc1cccc2ccccc12)c1cc(Cl)ccc1OCC(O)CNCC12CC3CC(CC(C3)C1)C2. The lowest BCUT2D eigenvalue weighted by atomic mass is 9.49. The number of aliphatic hydroxyl groups is 1. The third-order valence-electron chi connectivity index (χ3n) is 8.98. The van der Waals surface area contributed by atoms with Crippen LogP contribution in [0.1, 0.15) is 54.4 Å². The third kappa shape index (κ3) is 5.56. The van der Waals surface area contributed by atoms with Gasteiger partial charge in [0, 0.05) is 24.7 Å². The number of halogens is 1. The third-order valence-corrected chi connectivity index (χ3v) is 9.22. The van der Waals surface area contributed by atoms with E-state index in [0.717, 1.165) is 40.6 Å². The number of carbonyl (C=O) groups excluding carboxylic acids is 1. The maximum absolute atomic E-state index is 13.1. The van der Waals surface area contributed by atoms with E-state index in [9.17, 15) is 9.90 Å². The first-order valence-corrected chi connectivity index (χ1v) is 14.4. The number of ether oxygens (including phenoxy) is 1. The highest BCUT2D eigenvalue weighted by Gasteiger charge is 2.50. The molecule has 3 aromatic carbocycles. The number of carbonyl (C=O) groups is 1. The van der Waals surface area contributed by atoms with Gasteiger partial charge in [0.25, 0.3) is 5.91 Å². The second kappa shape index (κ2) is 10.9. The molecule has 200 valence electrons. The van der Waals surface area contributed by atoms with Crippen LogP contribution in [0.25, 0.3) is 10.8 Å². The molecule has 0 radical (unpaired) electrons. The van der Waals surface area contributed by atoms with Crippen molar-refractivity contribution in [3.8, 4) is 5.75 Å². The summed E-state index contributed by atoms with van der Waals surface area (Å²) < 4.78 is 5.93. The normalized spacial score (nSPS) is 26.4. The van der Waals surface area contributed by atoms with E-state index in [-0.39, 0.29) is 12.5 Å². The van der Waals surface area contributed by atoms with Crippen LogP contribution in [0.5, 0.6) is 5.75 Å². The van der Waals surface area contributed by atoms with Crippen molar-refractivity contribution in [2.75, 3.05) is 19.7 Å². The Labute approximate surface area is 229 Å². The highest BCUT2D eigenvalue weighted by atomic mass is 35.5. The van der Waals surface area contributed by atoms with Gasteiger partial charge >= 0.3 is 0 Å². The number of rotatable bonds is 10. The minimum atomic E-state index is -0.661. The molecule has 4 bridgehead atoms. The predicted molar refractivity (Wildman–Crippen MR) is 152 cm³/mol. The largest absolute Gasteiger partial charge is 0.490 e. The first kappa shape index (κ1) is 25.7. The zero-order valence-corrected chi connectivity index (χ0v) is 22.6. The summed E-state index contributed by atoms with van der Waals surface area (Å²) in [6.45, 7) is 1.97. The van der Waals surface area contributed by atoms with Gasteiger partial charge in [-0.3, -0.25) is 4.79 Å². The van der Waals surface area contributed by atoms with Crippen LogP contribution in [0.2, 0.25) is 5.02 Å². The average Bonchev–Trinajstić information content (AvgIpc) is 2.90. The summed E-state index contributed by atoms with van der Waals surface area (Å²) in [5, 5.41) is 19.9. The molecule has 6 heteroatoms. The molecule has 1 amide bonds. The summed E-state index contributed by atoms with van der Waals surface area (Å²) in [5.41, 5.74) is 1.84. The Hall–Kier alpha value is -2.60. The molecule has 4 fully saturated rings. The molecule has 4 saturated carbocycles. The lowest BCUT2D eigenvalue weighted by Gasteiger charge is -2.57. The molecular weight excluding hydrogens is 496 g/mol. The van der Waals surface area contributed by atoms with Gasteiger partial charge in [0.2, 0.25) is 0 Å². The van der Waals surface area contributed by atoms with Crippen LogP contribution in [0.3, 0.4) is 0 Å². The fraction of sp³-hybridized carbons (Fsp3) is 0.469. The van der Waals surface area contributed by atoms with Crippen LogP contribution in [0.4, 0.5) is 0 Å². The van der Waals surface area contributed by atoms with Crippen molar-refractivity contribution in [3.05, 3.63) is 76.8 Å². The molecule has 0 heterocycles. The second-order valence-corrected chi connectivity index (χ2v) is 12.4. The predicted octanol–water partition coefficient (Wildman–Crippen LogP) is 5.97. The lowest BCUT2D eigenvalue weighted by Crippen LogP contribution is -2.51. The quantitative estimate of drug-likeness (QED) is 0.301. The summed E-state index contributed by atoms with van der Waals surface area (Å²) in [6.07, 6.45) is 7.70. The Morgan fingerprint density at radius 1 is 1.00 bits per heavy atom. The van der Waals surface area contributed by atoms with E-state index in [4.69, 9.17) is 16.3 Å². The Morgan fingerprint density at radius 3 is 2.47 bits per heavy atom. The second-order valence-electron chi connectivity index (χ2n) is 12.0. The maximum atomic E-state index is 13.1. The van der Waals surface area contributed by atoms with Crippen LogP contribution < -0.4 is 15.4 Å². The van der Waals surface area contributed by atoms with Gasteiger partial charge < -0.3 is 20.5 Å². The van der Waals surface area contributed by atoms with Gasteiger partial charge in [0.1, 0.15) is 18.5 Å². The molecule has 0 saturated heterocycles. The molecule has 3 aromatic rings. The molecular formula is C32H37ClN2O3. The minimum absolute atomic E-state index is 0.110. The zero-order chi connectivity index (χ0) is 26.1. The smallest absolute Gasteiger partial charge is 0.255 e. The fourth-order valence-electron chi connectivity index (χ4n) is 7.78. The van der Waals surface area contributed by atoms with Gasteiger partial charge in [-0.15, -0.1) is 0 Å². The molecule has 7 rings (SSSR count). The Kier molecular flexibility index (Phi) is 7.35. The fourth-order valence-corrected chi connectivity index (χ4v) is 7.95. The summed E-state index contributed by atoms with van der Waals surface area (Å²) >= 11 is 6.22. The van der Waals surface area contributed by atoms with E-state index < -0.39 is 6.10 Å². The highest BCUT2D eigenvalue weighted by Crippen LogP contribution is 2.59. The Bertz CT molecular complexity index is 1270. The number of aliphatic hydroxyl groups excluding tert-OH is 1. The van der Waals surface area contributed by atoms with E-state index >= 15 is 0 Å². The summed E-state index contributed by atoms with van der Waals surface area (Å²) in [7, 11) is 0. The first-order chi connectivity index (χ1) is 18.5. The average molecular weight is 533 g/mol. The number of hydrogen-bond acceptors (Lipinski definition) is 4. The standard InChI is InChI=1S/C32H37ClN2O3/c33-26-8-9-30(29(13-26)31(37)35-17-25-6-3-5-24-4-1-2-7-28(24)25)38-19-27(36)18-34-20-32-14-21-10-22(15-32)12-23(11-21)16-32/h1-9,13,21-23,27,34,36H,10-12,14-20H2,(H,35,37). The van der Waals surface area contributed by atoms with E-state index in [2.05, 4.69) is 28.8 Å². The van der Waals surface area contributed by atoms with E-state index in [1.165, 1.54) is 38.5 Å². The minimum Gasteiger partial charge on any atom is -0.490 e. The van der Waals surface area contributed by atoms with Crippen LogP contribution >= 0.6 is 11.6 Å². The Balaban J connectivity index is 1.03. The van der Waals surface area contributed by atoms with Crippen LogP contribution in [0, 0.1) is 23.2 Å². The lowest BCUT2D eigenvalue weighted by molar-refractivity contribution is -0.0524. The summed E-state index contributed by atoms with van der Waals surface area (Å²) in [5.74, 6) is 2.93. The van der Waals surface area contributed by atoms with Crippen LogP contribution in [-0.2, 0) is 6.54 Å². The van der Waals surface area contributed by atoms with Crippen molar-refractivity contribution in [1.29, 1.82) is 0 Å². The molecule has 0 aliphatic heterocycles. The Morgan fingerprint density at radius 2 is 1.71 bits per heavy atom. The first-order valence-electron chi connectivity index (χ1n) is 14.0. The van der Waals surface area contributed by atoms with Gasteiger partial charge in [-0.1, -0.05) is 54.1 Å². The molecule has 1 unspecified atom stereocenters. The monoisotopic (exact) mass is 532 g/mol. The molecule has 0 spiro atoms. The number of nitrogens with one attached hydrogen (secondary N) is 2.